The summed E-state index contributed by atoms with van der Waals surface area (Å²) in [5.74, 6) is 1.64. The van der Waals surface area contributed by atoms with E-state index in [4.69, 9.17) is 15.2 Å². The third-order valence-corrected chi connectivity index (χ3v) is 4.01. The van der Waals surface area contributed by atoms with Crippen molar-refractivity contribution in [1.29, 1.82) is 0 Å². The molecule has 2 rings (SSSR count). The molecule has 1 saturated heterocycles. The molecular weight excluding hydrogens is 264 g/mol. The first-order valence-electron chi connectivity index (χ1n) is 8.13. The summed E-state index contributed by atoms with van der Waals surface area (Å²) in [6.45, 7) is 8.18. The van der Waals surface area contributed by atoms with Crippen molar-refractivity contribution in [3.63, 3.8) is 0 Å². The average molecular weight is 292 g/mol. The molecule has 0 spiro atoms. The molecule has 1 aliphatic rings. The van der Waals surface area contributed by atoms with Gasteiger partial charge in [-0.05, 0) is 57.5 Å². The molecule has 1 aromatic rings. The monoisotopic (exact) mass is 292 g/mol. The molecule has 0 aromatic heterocycles. The van der Waals surface area contributed by atoms with Gasteiger partial charge in [0, 0.05) is 12.6 Å². The molecule has 1 aliphatic heterocycles. The lowest BCUT2D eigenvalue weighted by Crippen LogP contribution is -2.37. The van der Waals surface area contributed by atoms with E-state index in [-0.39, 0.29) is 6.04 Å². The van der Waals surface area contributed by atoms with Crippen LogP contribution in [0.4, 0.5) is 0 Å². The number of benzene rings is 1. The van der Waals surface area contributed by atoms with Crippen LogP contribution < -0.4 is 15.2 Å². The Morgan fingerprint density at radius 2 is 1.71 bits per heavy atom. The van der Waals surface area contributed by atoms with Crippen LogP contribution in [0.15, 0.2) is 18.2 Å². The Bertz CT molecular complexity index is 431. The van der Waals surface area contributed by atoms with E-state index < -0.39 is 0 Å². The van der Waals surface area contributed by atoms with E-state index in [1.165, 1.54) is 24.8 Å². The molecular formula is C17H28N2O2. The van der Waals surface area contributed by atoms with E-state index in [1.807, 2.05) is 19.9 Å². The summed E-state index contributed by atoms with van der Waals surface area (Å²) in [7, 11) is 0. The predicted molar refractivity (Wildman–Crippen MR) is 86.0 cm³/mol. The maximum absolute atomic E-state index is 6.04. The van der Waals surface area contributed by atoms with Gasteiger partial charge >= 0.3 is 0 Å². The fourth-order valence-electron chi connectivity index (χ4n) is 3.00. The number of ether oxygens (including phenoxy) is 2. The van der Waals surface area contributed by atoms with Gasteiger partial charge in [-0.15, -0.1) is 0 Å². The van der Waals surface area contributed by atoms with Gasteiger partial charge in [0.2, 0.25) is 0 Å². The van der Waals surface area contributed by atoms with Gasteiger partial charge in [0.1, 0.15) is 0 Å². The SMILES string of the molecule is CCOc1ccc(C(CN)N2CCCCC2)cc1OCC. The Kier molecular flexibility index (Phi) is 6.33. The highest BCUT2D eigenvalue weighted by molar-refractivity contribution is 5.44. The Labute approximate surface area is 128 Å². The van der Waals surface area contributed by atoms with E-state index in [0.29, 0.717) is 19.8 Å². The molecule has 21 heavy (non-hydrogen) atoms. The smallest absolute Gasteiger partial charge is 0.161 e. The minimum absolute atomic E-state index is 0.278. The molecule has 4 nitrogen and oxygen atoms in total. The van der Waals surface area contributed by atoms with Gasteiger partial charge in [0.15, 0.2) is 11.5 Å². The highest BCUT2D eigenvalue weighted by Gasteiger charge is 2.22. The summed E-state index contributed by atoms with van der Waals surface area (Å²) in [6.07, 6.45) is 3.87. The van der Waals surface area contributed by atoms with Gasteiger partial charge in [-0.3, -0.25) is 4.90 Å². The molecule has 1 atom stereocenters. The summed E-state index contributed by atoms with van der Waals surface area (Å²) in [6, 6.07) is 6.51. The predicted octanol–water partition coefficient (Wildman–Crippen LogP) is 2.97. The summed E-state index contributed by atoms with van der Waals surface area (Å²) >= 11 is 0. The number of nitrogens with two attached hydrogens (primary N) is 1. The molecule has 118 valence electrons. The van der Waals surface area contributed by atoms with E-state index in [2.05, 4.69) is 17.0 Å². The van der Waals surface area contributed by atoms with Crippen molar-refractivity contribution in [3.05, 3.63) is 23.8 Å². The molecule has 0 saturated carbocycles. The minimum Gasteiger partial charge on any atom is -0.490 e. The first-order chi connectivity index (χ1) is 10.3. The topological polar surface area (TPSA) is 47.7 Å². The highest BCUT2D eigenvalue weighted by atomic mass is 16.5. The van der Waals surface area contributed by atoms with Crippen LogP contribution in [0.25, 0.3) is 0 Å². The van der Waals surface area contributed by atoms with Gasteiger partial charge in [0.05, 0.1) is 13.2 Å². The molecule has 4 heteroatoms. The molecule has 0 aliphatic carbocycles. The van der Waals surface area contributed by atoms with Gasteiger partial charge < -0.3 is 15.2 Å². The van der Waals surface area contributed by atoms with E-state index >= 15 is 0 Å². The number of hydrogen-bond donors (Lipinski definition) is 1. The van der Waals surface area contributed by atoms with Crippen molar-refractivity contribution in [2.75, 3.05) is 32.8 Å². The fraction of sp³-hybridized carbons (Fsp3) is 0.647. The maximum atomic E-state index is 6.04. The standard InChI is InChI=1S/C17H28N2O2/c1-3-20-16-9-8-14(12-17(16)21-4-2)15(13-18)19-10-6-5-7-11-19/h8-9,12,15H,3-7,10-11,13,18H2,1-2H3. The summed E-state index contributed by atoms with van der Waals surface area (Å²) in [4.78, 5) is 2.49. The molecule has 1 fully saturated rings. The third-order valence-electron chi connectivity index (χ3n) is 4.01. The molecule has 1 aromatic carbocycles. The Hall–Kier alpha value is -1.26. The second-order valence-electron chi connectivity index (χ2n) is 5.42. The van der Waals surface area contributed by atoms with Crippen molar-refractivity contribution in [1.82, 2.24) is 4.90 Å². The molecule has 2 N–H and O–H groups in total. The highest BCUT2D eigenvalue weighted by Crippen LogP contribution is 2.33. The normalized spacial score (nSPS) is 17.5. The van der Waals surface area contributed by atoms with Crippen molar-refractivity contribution in [2.45, 2.75) is 39.2 Å². The fourth-order valence-corrected chi connectivity index (χ4v) is 3.00. The summed E-state index contributed by atoms with van der Waals surface area (Å²) in [5.41, 5.74) is 7.27. The van der Waals surface area contributed by atoms with Gasteiger partial charge in [-0.1, -0.05) is 12.5 Å². The van der Waals surface area contributed by atoms with E-state index in [9.17, 15) is 0 Å². The van der Waals surface area contributed by atoms with Crippen LogP contribution in [0.2, 0.25) is 0 Å². The number of piperidine rings is 1. The van der Waals surface area contributed by atoms with Crippen LogP contribution in [-0.4, -0.2) is 37.7 Å². The Balaban J connectivity index is 2.21. The second-order valence-corrected chi connectivity index (χ2v) is 5.42. The summed E-state index contributed by atoms with van der Waals surface area (Å²) < 4.78 is 11.4. The zero-order valence-electron chi connectivity index (χ0n) is 13.3. The zero-order chi connectivity index (χ0) is 15.1. The zero-order valence-corrected chi connectivity index (χ0v) is 13.3. The van der Waals surface area contributed by atoms with Gasteiger partial charge in [-0.2, -0.15) is 0 Å². The lowest BCUT2D eigenvalue weighted by molar-refractivity contribution is 0.167. The quantitative estimate of drug-likeness (QED) is 0.839. The van der Waals surface area contributed by atoms with E-state index in [0.717, 1.165) is 24.6 Å². The number of hydrogen-bond acceptors (Lipinski definition) is 4. The number of nitrogens with zero attached hydrogens (tertiary/aromatic N) is 1. The Morgan fingerprint density at radius 3 is 2.33 bits per heavy atom. The van der Waals surface area contributed by atoms with Gasteiger partial charge in [0.25, 0.3) is 0 Å². The van der Waals surface area contributed by atoms with Crippen molar-refractivity contribution in [3.8, 4) is 11.5 Å². The minimum atomic E-state index is 0.278. The van der Waals surface area contributed by atoms with Crippen LogP contribution in [0.5, 0.6) is 11.5 Å². The lowest BCUT2D eigenvalue weighted by atomic mass is 10.0. The molecule has 1 heterocycles. The number of likely N-dealkylation sites (tertiary alicyclic amines) is 1. The Morgan fingerprint density at radius 1 is 1.05 bits per heavy atom. The average Bonchev–Trinajstić information content (AvgIpc) is 2.52. The second kappa shape index (κ2) is 8.25. The number of rotatable bonds is 7. The lowest BCUT2D eigenvalue weighted by Gasteiger charge is -2.34. The third kappa shape index (κ3) is 4.11. The molecule has 0 radical (unpaired) electrons. The molecule has 1 unspecified atom stereocenters. The van der Waals surface area contributed by atoms with E-state index in [1.54, 1.807) is 0 Å². The van der Waals surface area contributed by atoms with Crippen LogP contribution >= 0.6 is 0 Å². The van der Waals surface area contributed by atoms with Crippen LogP contribution in [0.1, 0.15) is 44.7 Å². The van der Waals surface area contributed by atoms with Crippen molar-refractivity contribution >= 4 is 0 Å². The molecule has 0 amide bonds. The first-order valence-corrected chi connectivity index (χ1v) is 8.13. The van der Waals surface area contributed by atoms with Gasteiger partial charge in [-0.25, -0.2) is 0 Å². The maximum Gasteiger partial charge on any atom is 0.161 e. The van der Waals surface area contributed by atoms with Crippen LogP contribution in [0.3, 0.4) is 0 Å². The summed E-state index contributed by atoms with van der Waals surface area (Å²) in [5, 5.41) is 0. The van der Waals surface area contributed by atoms with Crippen molar-refractivity contribution < 1.29 is 9.47 Å². The van der Waals surface area contributed by atoms with Crippen LogP contribution in [0, 0.1) is 0 Å². The molecule has 0 bridgehead atoms. The largest absolute Gasteiger partial charge is 0.490 e. The first kappa shape index (κ1) is 16.1. The van der Waals surface area contributed by atoms with Crippen LogP contribution in [-0.2, 0) is 0 Å². The van der Waals surface area contributed by atoms with Crippen molar-refractivity contribution in [2.24, 2.45) is 5.73 Å².